The van der Waals surface area contributed by atoms with Crippen LogP contribution in [0.2, 0.25) is 0 Å². The molecule has 2 aromatic rings. The Morgan fingerprint density at radius 2 is 1.77 bits per heavy atom. The first-order chi connectivity index (χ1) is 12.7. The molecule has 1 saturated heterocycles. The van der Waals surface area contributed by atoms with Crippen LogP contribution < -0.4 is 9.47 Å². The quantitative estimate of drug-likeness (QED) is 0.767. The summed E-state index contributed by atoms with van der Waals surface area (Å²) in [5.74, 6) is 2.20. The van der Waals surface area contributed by atoms with Gasteiger partial charge in [0.2, 0.25) is 5.91 Å². The summed E-state index contributed by atoms with van der Waals surface area (Å²) in [4.78, 5) is 19.3. The molecule has 138 valence electrons. The number of nitrogens with zero attached hydrogens (tertiary/aromatic N) is 2. The van der Waals surface area contributed by atoms with Crippen molar-refractivity contribution in [3.63, 3.8) is 0 Å². The molecule has 1 amide bonds. The molecular formula is C20H24N2O3S. The molecule has 1 fully saturated rings. The Kier molecular flexibility index (Phi) is 5.20. The van der Waals surface area contributed by atoms with Gasteiger partial charge in [0, 0.05) is 24.5 Å². The molecule has 0 atom stereocenters. The van der Waals surface area contributed by atoms with Crippen molar-refractivity contribution in [1.82, 2.24) is 9.88 Å². The van der Waals surface area contributed by atoms with Gasteiger partial charge in [0.25, 0.3) is 0 Å². The number of thioether (sulfide) groups is 1. The van der Waals surface area contributed by atoms with E-state index in [0.29, 0.717) is 19.0 Å². The third kappa shape index (κ3) is 3.75. The van der Waals surface area contributed by atoms with Crippen molar-refractivity contribution in [1.29, 1.82) is 0 Å². The highest BCUT2D eigenvalue weighted by atomic mass is 32.2. The minimum absolute atomic E-state index is 0.223. The third-order valence-corrected chi connectivity index (χ3v) is 5.99. The van der Waals surface area contributed by atoms with E-state index in [9.17, 15) is 4.79 Å². The van der Waals surface area contributed by atoms with Crippen LogP contribution in [0.1, 0.15) is 31.2 Å². The maximum atomic E-state index is 12.5. The van der Waals surface area contributed by atoms with Gasteiger partial charge in [0.05, 0.1) is 11.3 Å². The Morgan fingerprint density at radius 3 is 2.50 bits per heavy atom. The van der Waals surface area contributed by atoms with Gasteiger partial charge in [-0.25, -0.2) is 4.98 Å². The molecule has 5 nitrogen and oxygen atoms in total. The summed E-state index contributed by atoms with van der Waals surface area (Å²) in [7, 11) is 0. The largest absolute Gasteiger partial charge is 0.486 e. The smallest absolute Gasteiger partial charge is 0.232 e. The van der Waals surface area contributed by atoms with Gasteiger partial charge in [-0.05, 0) is 37.5 Å². The molecular weight excluding hydrogens is 348 g/mol. The molecule has 2 aliphatic heterocycles. The highest BCUT2D eigenvalue weighted by molar-refractivity contribution is 7.99. The Balaban J connectivity index is 1.50. The first-order valence-electron chi connectivity index (χ1n) is 9.32. The summed E-state index contributed by atoms with van der Waals surface area (Å²) in [5, 5.41) is 1.95. The van der Waals surface area contributed by atoms with Gasteiger partial charge in [-0.3, -0.25) is 4.79 Å². The number of pyridine rings is 1. The summed E-state index contributed by atoms with van der Waals surface area (Å²) in [6.45, 7) is 4.98. The van der Waals surface area contributed by atoms with Crippen molar-refractivity contribution >= 4 is 28.6 Å². The van der Waals surface area contributed by atoms with Crippen LogP contribution in [0.25, 0.3) is 10.9 Å². The van der Waals surface area contributed by atoms with Gasteiger partial charge in [0.15, 0.2) is 11.5 Å². The van der Waals surface area contributed by atoms with Crippen molar-refractivity contribution in [2.75, 3.05) is 32.1 Å². The van der Waals surface area contributed by atoms with E-state index in [4.69, 9.17) is 14.5 Å². The summed E-state index contributed by atoms with van der Waals surface area (Å²) in [6.07, 6.45) is 4.71. The lowest BCUT2D eigenvalue weighted by Gasteiger charge is -2.20. The molecule has 4 rings (SSSR count). The van der Waals surface area contributed by atoms with Crippen LogP contribution in [0.3, 0.4) is 0 Å². The fourth-order valence-electron chi connectivity index (χ4n) is 3.49. The zero-order chi connectivity index (χ0) is 17.9. The molecule has 0 aliphatic carbocycles. The fourth-order valence-corrected chi connectivity index (χ4v) is 4.38. The van der Waals surface area contributed by atoms with Gasteiger partial charge in [-0.2, -0.15) is 0 Å². The summed E-state index contributed by atoms with van der Waals surface area (Å²) >= 11 is 1.53. The number of carbonyl (C=O) groups is 1. The number of aryl methyl sites for hydroxylation is 1. The van der Waals surface area contributed by atoms with Crippen LogP contribution in [0.4, 0.5) is 0 Å². The van der Waals surface area contributed by atoms with Crippen LogP contribution >= 0.6 is 11.8 Å². The number of aromatic nitrogens is 1. The topological polar surface area (TPSA) is 51.7 Å². The lowest BCUT2D eigenvalue weighted by atomic mass is 10.1. The maximum absolute atomic E-state index is 12.5. The molecule has 0 N–H and O–H groups in total. The monoisotopic (exact) mass is 372 g/mol. The Hall–Kier alpha value is -1.95. The van der Waals surface area contributed by atoms with Gasteiger partial charge >= 0.3 is 0 Å². The van der Waals surface area contributed by atoms with Gasteiger partial charge in [-0.1, -0.05) is 24.6 Å². The SMILES string of the molecule is Cc1cc2cc3c(cc2nc1SCC(=O)N1CCCCCC1)OCCO3. The van der Waals surface area contributed by atoms with Crippen molar-refractivity contribution < 1.29 is 14.3 Å². The molecule has 1 aromatic carbocycles. The molecule has 26 heavy (non-hydrogen) atoms. The predicted molar refractivity (Wildman–Crippen MR) is 103 cm³/mol. The second kappa shape index (κ2) is 7.74. The second-order valence-electron chi connectivity index (χ2n) is 6.88. The average molecular weight is 372 g/mol. The van der Waals surface area contributed by atoms with E-state index >= 15 is 0 Å². The van der Waals surface area contributed by atoms with Gasteiger partial charge in [-0.15, -0.1) is 0 Å². The molecule has 3 heterocycles. The fraction of sp³-hybridized carbons (Fsp3) is 0.500. The number of fused-ring (bicyclic) bond motifs is 2. The number of likely N-dealkylation sites (tertiary alicyclic amines) is 1. The zero-order valence-electron chi connectivity index (χ0n) is 15.1. The highest BCUT2D eigenvalue weighted by Crippen LogP contribution is 2.35. The molecule has 0 saturated carbocycles. The lowest BCUT2D eigenvalue weighted by molar-refractivity contribution is -0.128. The second-order valence-corrected chi connectivity index (χ2v) is 7.85. The Bertz CT molecular complexity index is 816. The van der Waals surface area contributed by atoms with Crippen molar-refractivity contribution in [2.45, 2.75) is 37.6 Å². The zero-order valence-corrected chi connectivity index (χ0v) is 15.9. The molecule has 0 bridgehead atoms. The van der Waals surface area contributed by atoms with E-state index in [1.165, 1.54) is 24.6 Å². The number of rotatable bonds is 3. The first-order valence-corrected chi connectivity index (χ1v) is 10.3. The van der Waals surface area contributed by atoms with E-state index in [2.05, 4.69) is 6.07 Å². The van der Waals surface area contributed by atoms with Crippen molar-refractivity contribution in [2.24, 2.45) is 0 Å². The summed E-state index contributed by atoms with van der Waals surface area (Å²) in [6, 6.07) is 6.03. The maximum Gasteiger partial charge on any atom is 0.232 e. The number of carbonyl (C=O) groups excluding carboxylic acids is 1. The number of ether oxygens (including phenoxy) is 2. The number of amides is 1. The molecule has 1 aromatic heterocycles. The van der Waals surface area contributed by atoms with Crippen LogP contribution in [0, 0.1) is 6.92 Å². The highest BCUT2D eigenvalue weighted by Gasteiger charge is 2.18. The first kappa shape index (κ1) is 17.5. The van der Waals surface area contributed by atoms with Crippen LogP contribution in [-0.4, -0.2) is 47.8 Å². The summed E-state index contributed by atoms with van der Waals surface area (Å²) < 4.78 is 11.3. The molecule has 0 radical (unpaired) electrons. The Labute approximate surface area is 158 Å². The third-order valence-electron chi connectivity index (χ3n) is 4.91. The molecule has 0 unspecified atom stereocenters. The minimum Gasteiger partial charge on any atom is -0.486 e. The van der Waals surface area contributed by atoms with Crippen molar-refractivity contribution in [3.8, 4) is 11.5 Å². The van der Waals surface area contributed by atoms with E-state index in [1.807, 2.05) is 24.0 Å². The van der Waals surface area contributed by atoms with Crippen LogP contribution in [0.15, 0.2) is 23.2 Å². The van der Waals surface area contributed by atoms with Crippen LogP contribution in [-0.2, 0) is 4.79 Å². The van der Waals surface area contributed by atoms with E-state index in [-0.39, 0.29) is 5.91 Å². The van der Waals surface area contributed by atoms with Crippen LogP contribution in [0.5, 0.6) is 11.5 Å². The Morgan fingerprint density at radius 1 is 1.08 bits per heavy atom. The standard InChI is InChI=1S/C20H24N2O3S/c1-14-10-15-11-17-18(25-9-8-24-17)12-16(15)21-20(14)26-13-19(23)22-6-4-2-3-5-7-22/h10-12H,2-9,13H2,1H3. The molecule has 0 spiro atoms. The minimum atomic E-state index is 0.223. The van der Waals surface area contributed by atoms with E-state index < -0.39 is 0 Å². The number of hydrogen-bond acceptors (Lipinski definition) is 5. The van der Waals surface area contributed by atoms with Gasteiger partial charge < -0.3 is 14.4 Å². The van der Waals surface area contributed by atoms with E-state index in [1.54, 1.807) is 0 Å². The number of hydrogen-bond donors (Lipinski definition) is 0. The predicted octanol–water partition coefficient (Wildman–Crippen LogP) is 3.81. The summed E-state index contributed by atoms with van der Waals surface area (Å²) in [5.41, 5.74) is 1.97. The molecule has 2 aliphatic rings. The lowest BCUT2D eigenvalue weighted by Crippen LogP contribution is -2.33. The number of benzene rings is 1. The van der Waals surface area contributed by atoms with Gasteiger partial charge in [0.1, 0.15) is 18.2 Å². The van der Waals surface area contributed by atoms with E-state index in [0.717, 1.165) is 58.9 Å². The van der Waals surface area contributed by atoms with Crippen molar-refractivity contribution in [3.05, 3.63) is 23.8 Å². The molecule has 6 heteroatoms. The normalized spacial score (nSPS) is 17.2. The average Bonchev–Trinajstić information content (AvgIpc) is 2.94.